The quantitative estimate of drug-likeness (QED) is 0.390. The van der Waals surface area contributed by atoms with Crippen molar-refractivity contribution in [2.45, 2.75) is 32.3 Å². The van der Waals surface area contributed by atoms with Crippen molar-refractivity contribution in [1.82, 2.24) is 19.8 Å². The summed E-state index contributed by atoms with van der Waals surface area (Å²) in [5.74, 6) is 0.0769. The van der Waals surface area contributed by atoms with Crippen LogP contribution in [0.1, 0.15) is 31.2 Å². The lowest BCUT2D eigenvalue weighted by molar-refractivity contribution is -0.112. The lowest BCUT2D eigenvalue weighted by Gasteiger charge is -2.35. The minimum absolute atomic E-state index is 0.0492. The number of aliphatic hydroxyl groups excluding tert-OH is 1. The molecule has 0 unspecified atom stereocenters. The summed E-state index contributed by atoms with van der Waals surface area (Å²) in [5, 5.41) is 13.6. The number of aromatic amines is 1. The van der Waals surface area contributed by atoms with Gasteiger partial charge in [-0.2, -0.15) is 0 Å². The Labute approximate surface area is 255 Å². The number of hydrogen-bond acceptors (Lipinski definition) is 9. The zero-order chi connectivity index (χ0) is 30.4. The monoisotopic (exact) mass is 597 g/mol. The molecule has 11 heteroatoms. The fraction of sp³-hybridized carbons (Fsp3) is 0.364. The van der Waals surface area contributed by atoms with Crippen LogP contribution in [0.15, 0.2) is 70.7 Å². The maximum atomic E-state index is 15.2. The number of carbonyl (C=O) groups is 1. The summed E-state index contributed by atoms with van der Waals surface area (Å²) in [6, 6.07) is 8.21. The van der Waals surface area contributed by atoms with Crippen LogP contribution in [0.4, 0.5) is 27.3 Å². The van der Waals surface area contributed by atoms with Crippen LogP contribution in [-0.2, 0) is 11.4 Å². The second-order valence-corrected chi connectivity index (χ2v) is 11.9. The van der Waals surface area contributed by atoms with Gasteiger partial charge in [-0.25, -0.2) is 9.37 Å². The summed E-state index contributed by atoms with van der Waals surface area (Å²) >= 11 is 0. The number of nitrogens with one attached hydrogen (secondary N) is 2. The molecule has 0 amide bonds. The van der Waals surface area contributed by atoms with Gasteiger partial charge in [0.1, 0.15) is 23.0 Å². The van der Waals surface area contributed by atoms with E-state index in [0.29, 0.717) is 47.0 Å². The molecule has 228 valence electrons. The minimum Gasteiger partial charge on any atom is -0.392 e. The second kappa shape index (κ2) is 11.5. The van der Waals surface area contributed by atoms with Gasteiger partial charge in [0.15, 0.2) is 0 Å². The first-order valence-electron chi connectivity index (χ1n) is 15.3. The Morgan fingerprint density at radius 1 is 1.02 bits per heavy atom. The first-order chi connectivity index (χ1) is 21.4. The van der Waals surface area contributed by atoms with Crippen molar-refractivity contribution >= 4 is 28.7 Å². The molecule has 0 radical (unpaired) electrons. The molecule has 0 saturated carbocycles. The van der Waals surface area contributed by atoms with E-state index in [9.17, 15) is 14.7 Å². The number of ketones is 1. The van der Waals surface area contributed by atoms with Crippen molar-refractivity contribution in [3.63, 3.8) is 0 Å². The van der Waals surface area contributed by atoms with Gasteiger partial charge in [-0.15, -0.1) is 0 Å². The largest absolute Gasteiger partial charge is 0.392 e. The molecular weight excluding hydrogens is 561 g/mol. The molecule has 4 aliphatic rings. The van der Waals surface area contributed by atoms with Crippen LogP contribution in [0.3, 0.4) is 0 Å². The normalized spacial score (nSPS) is 18.8. The van der Waals surface area contributed by atoms with Crippen LogP contribution < -0.4 is 20.7 Å². The van der Waals surface area contributed by atoms with E-state index in [1.165, 1.54) is 18.3 Å². The number of rotatable bonds is 6. The van der Waals surface area contributed by atoms with E-state index in [4.69, 9.17) is 0 Å². The molecule has 5 heterocycles. The summed E-state index contributed by atoms with van der Waals surface area (Å²) in [6.45, 7) is 4.64. The topological polar surface area (TPSA) is 108 Å². The number of likely N-dealkylation sites (N-methyl/N-ethyl adjacent to an activating group) is 1. The predicted octanol–water partition coefficient (Wildman–Crippen LogP) is 3.94. The molecule has 7 rings (SSSR count). The van der Waals surface area contributed by atoms with Crippen LogP contribution in [0, 0.1) is 5.82 Å². The Kier molecular flexibility index (Phi) is 7.43. The zero-order valence-electron chi connectivity index (χ0n) is 24.8. The van der Waals surface area contributed by atoms with E-state index in [1.807, 2.05) is 17.0 Å². The fourth-order valence-electron chi connectivity index (χ4n) is 6.73. The van der Waals surface area contributed by atoms with Gasteiger partial charge in [0.2, 0.25) is 5.78 Å². The van der Waals surface area contributed by atoms with Gasteiger partial charge in [0.25, 0.3) is 5.56 Å². The van der Waals surface area contributed by atoms with Crippen molar-refractivity contribution in [2.24, 2.45) is 0 Å². The number of allylic oxidation sites excluding steroid dienone is 2. The number of Topliss-reactive ketones (excluding diaryl/α,β-unsaturated/α-hetero) is 1. The highest BCUT2D eigenvalue weighted by atomic mass is 19.1. The average Bonchev–Trinajstić information content (AvgIpc) is 3.33. The Balaban J connectivity index is 1.17. The maximum Gasteiger partial charge on any atom is 0.271 e. The van der Waals surface area contributed by atoms with E-state index in [-0.39, 0.29) is 23.6 Å². The van der Waals surface area contributed by atoms with E-state index in [2.05, 4.69) is 37.0 Å². The Hall–Kier alpha value is -4.48. The third kappa shape index (κ3) is 5.16. The number of benzene rings is 1. The Bertz CT molecular complexity index is 1720. The molecule has 10 nitrogen and oxygen atoms in total. The van der Waals surface area contributed by atoms with Gasteiger partial charge in [-0.1, -0.05) is 0 Å². The van der Waals surface area contributed by atoms with Crippen LogP contribution in [-0.4, -0.2) is 77.0 Å². The highest BCUT2D eigenvalue weighted by molar-refractivity contribution is 6.11. The number of piperazine rings is 1. The van der Waals surface area contributed by atoms with Crippen LogP contribution >= 0.6 is 0 Å². The molecule has 3 aromatic rings. The van der Waals surface area contributed by atoms with Crippen molar-refractivity contribution in [2.75, 3.05) is 61.4 Å². The summed E-state index contributed by atoms with van der Waals surface area (Å²) in [6.07, 6.45) is 8.91. The van der Waals surface area contributed by atoms with E-state index in [0.717, 1.165) is 68.8 Å². The van der Waals surface area contributed by atoms with Gasteiger partial charge in [0, 0.05) is 79.7 Å². The number of pyridine rings is 2. The summed E-state index contributed by atoms with van der Waals surface area (Å²) < 4.78 is 15.2. The molecule has 1 saturated heterocycles. The van der Waals surface area contributed by atoms with Gasteiger partial charge < -0.3 is 35.0 Å². The zero-order valence-corrected chi connectivity index (χ0v) is 24.8. The lowest BCUT2D eigenvalue weighted by Crippen LogP contribution is -2.44. The molecule has 44 heavy (non-hydrogen) atoms. The van der Waals surface area contributed by atoms with Gasteiger partial charge >= 0.3 is 0 Å². The summed E-state index contributed by atoms with van der Waals surface area (Å²) in [7, 11) is 2.11. The standard InChI is InChI=1S/C33H36FN7O3/c1-38-8-10-39(11-9-38)23-6-7-31(35-18-23)37-27-14-21(17-36-33(27)44)25-15-22(34)16-29(26(25)20-42)40-12-13-41-28-5-3-2-4-24(28)32(43)30(41)19-40/h6-7,14-19,42H,2-5,8-13,20H2,1H3,(H,35,37)(H,36,44). The van der Waals surface area contributed by atoms with Gasteiger partial charge in [-0.05, 0) is 68.6 Å². The predicted molar refractivity (Wildman–Crippen MR) is 168 cm³/mol. The number of anilines is 4. The smallest absolute Gasteiger partial charge is 0.271 e. The number of aliphatic hydroxyl groups is 1. The van der Waals surface area contributed by atoms with Crippen LogP contribution in [0.25, 0.3) is 11.1 Å². The first kappa shape index (κ1) is 28.3. The average molecular weight is 598 g/mol. The van der Waals surface area contributed by atoms with Gasteiger partial charge in [-0.3, -0.25) is 9.59 Å². The lowest BCUT2D eigenvalue weighted by atomic mass is 9.96. The molecule has 1 aromatic carbocycles. The van der Waals surface area contributed by atoms with E-state index >= 15 is 4.39 Å². The van der Waals surface area contributed by atoms with E-state index in [1.54, 1.807) is 18.5 Å². The molecule has 1 fully saturated rings. The number of H-pyrrole nitrogens is 1. The summed E-state index contributed by atoms with van der Waals surface area (Å²) in [4.78, 5) is 41.8. The van der Waals surface area contributed by atoms with Crippen molar-refractivity contribution in [1.29, 1.82) is 0 Å². The molecule has 2 aromatic heterocycles. The highest BCUT2D eigenvalue weighted by Gasteiger charge is 2.38. The fourth-order valence-corrected chi connectivity index (χ4v) is 6.73. The van der Waals surface area contributed by atoms with Crippen molar-refractivity contribution < 1.29 is 14.3 Å². The maximum absolute atomic E-state index is 15.2. The number of aromatic nitrogens is 2. The SMILES string of the molecule is CN1CCN(c2ccc(Nc3cc(-c4cc(F)cc(N5C=C6C(=O)C7=C(CCCC7)N6CC5)c4CO)c[nH]c3=O)nc2)CC1. The van der Waals surface area contributed by atoms with Crippen molar-refractivity contribution in [3.8, 4) is 11.1 Å². The first-order valence-corrected chi connectivity index (χ1v) is 15.3. The van der Waals surface area contributed by atoms with Crippen LogP contribution in [0.5, 0.6) is 0 Å². The Morgan fingerprint density at radius 3 is 2.61 bits per heavy atom. The number of fused-ring (bicyclic) bond motifs is 2. The highest BCUT2D eigenvalue weighted by Crippen LogP contribution is 2.41. The molecular formula is C33H36FN7O3. The van der Waals surface area contributed by atoms with Crippen LogP contribution in [0.2, 0.25) is 0 Å². The van der Waals surface area contributed by atoms with Gasteiger partial charge in [0.05, 0.1) is 18.5 Å². The molecule has 3 aliphatic heterocycles. The molecule has 3 N–H and O–H groups in total. The Morgan fingerprint density at radius 2 is 1.84 bits per heavy atom. The third-order valence-electron chi connectivity index (χ3n) is 9.16. The molecule has 0 bridgehead atoms. The molecule has 0 atom stereocenters. The van der Waals surface area contributed by atoms with Crippen molar-refractivity contribution in [3.05, 3.63) is 87.6 Å². The second-order valence-electron chi connectivity index (χ2n) is 11.9. The number of halogens is 1. The minimum atomic E-state index is -0.481. The molecule has 0 spiro atoms. The van der Waals surface area contributed by atoms with E-state index < -0.39 is 5.82 Å². The number of hydrogen-bond donors (Lipinski definition) is 3. The molecule has 1 aliphatic carbocycles. The third-order valence-corrected chi connectivity index (χ3v) is 9.16. The number of carbonyl (C=O) groups excluding carboxylic acids is 1. The number of nitrogens with zero attached hydrogens (tertiary/aromatic N) is 5. The summed E-state index contributed by atoms with van der Waals surface area (Å²) in [5.41, 5.74) is 5.56.